The van der Waals surface area contributed by atoms with Crippen LogP contribution in [0.1, 0.15) is 11.1 Å². The number of hydrogen-bond acceptors (Lipinski definition) is 4. The third kappa shape index (κ3) is 1.93. The minimum absolute atomic E-state index is 0.431. The van der Waals surface area contributed by atoms with Crippen LogP contribution in [0.3, 0.4) is 0 Å². The maximum Gasteiger partial charge on any atom is 0.170 e. The Labute approximate surface area is 87.6 Å². The van der Waals surface area contributed by atoms with E-state index in [4.69, 9.17) is 15.0 Å². The molecule has 4 heteroatoms. The first-order valence-corrected chi connectivity index (χ1v) is 4.62. The lowest BCUT2D eigenvalue weighted by Gasteiger charge is -2.06. The summed E-state index contributed by atoms with van der Waals surface area (Å²) >= 11 is 0. The highest BCUT2D eigenvalue weighted by molar-refractivity contribution is 5.43. The Morgan fingerprint density at radius 3 is 2.80 bits per heavy atom. The molecule has 0 aliphatic heterocycles. The number of nitrogens with two attached hydrogens (primary N) is 1. The Hall–Kier alpha value is -1.97. The molecule has 15 heavy (non-hydrogen) atoms. The summed E-state index contributed by atoms with van der Waals surface area (Å²) in [6.45, 7) is 0. The number of nitrogens with zero attached hydrogens (tertiary/aromatic N) is 1. The highest BCUT2D eigenvalue weighted by atomic mass is 16.5. The summed E-state index contributed by atoms with van der Waals surface area (Å²) < 4.78 is 10.0. The third-order valence-corrected chi connectivity index (χ3v) is 2.25. The fourth-order valence-electron chi connectivity index (χ4n) is 1.45. The Morgan fingerprint density at radius 2 is 2.13 bits per heavy atom. The van der Waals surface area contributed by atoms with Crippen LogP contribution in [0.4, 0.5) is 5.82 Å². The smallest absolute Gasteiger partial charge is 0.170 e. The lowest BCUT2D eigenvalue weighted by Crippen LogP contribution is -1.95. The number of para-hydroxylation sites is 1. The van der Waals surface area contributed by atoms with Crippen molar-refractivity contribution in [2.75, 3.05) is 12.8 Å². The molecule has 0 saturated heterocycles. The van der Waals surface area contributed by atoms with Crippen LogP contribution in [0.15, 0.2) is 35.1 Å². The van der Waals surface area contributed by atoms with Crippen LogP contribution < -0.4 is 10.5 Å². The quantitative estimate of drug-likeness (QED) is 0.828. The summed E-state index contributed by atoms with van der Waals surface area (Å²) in [4.78, 5) is 0. The SMILES string of the molecule is COc1ccccc1Cc1conc1N. The van der Waals surface area contributed by atoms with E-state index in [1.807, 2.05) is 24.3 Å². The number of nitrogen functional groups attached to an aromatic ring is 1. The van der Waals surface area contributed by atoms with Crippen molar-refractivity contribution in [3.05, 3.63) is 41.7 Å². The van der Waals surface area contributed by atoms with Crippen LogP contribution in [-0.4, -0.2) is 12.3 Å². The molecule has 1 aromatic carbocycles. The summed E-state index contributed by atoms with van der Waals surface area (Å²) in [5.41, 5.74) is 7.57. The van der Waals surface area contributed by atoms with Crippen molar-refractivity contribution in [2.24, 2.45) is 0 Å². The maximum atomic E-state index is 5.63. The van der Waals surface area contributed by atoms with Crippen molar-refractivity contribution >= 4 is 5.82 Å². The molecule has 0 spiro atoms. The van der Waals surface area contributed by atoms with Gasteiger partial charge in [0.1, 0.15) is 12.0 Å². The van der Waals surface area contributed by atoms with E-state index >= 15 is 0 Å². The van der Waals surface area contributed by atoms with Crippen LogP contribution in [-0.2, 0) is 6.42 Å². The van der Waals surface area contributed by atoms with Crippen LogP contribution in [0.25, 0.3) is 0 Å². The van der Waals surface area contributed by atoms with E-state index in [1.165, 1.54) is 0 Å². The third-order valence-electron chi connectivity index (χ3n) is 2.25. The molecule has 0 bridgehead atoms. The normalized spacial score (nSPS) is 10.2. The monoisotopic (exact) mass is 204 g/mol. The molecule has 0 aliphatic rings. The van der Waals surface area contributed by atoms with Gasteiger partial charge in [-0.25, -0.2) is 0 Å². The van der Waals surface area contributed by atoms with E-state index in [1.54, 1.807) is 13.4 Å². The van der Waals surface area contributed by atoms with Crippen molar-refractivity contribution in [1.82, 2.24) is 5.16 Å². The molecule has 78 valence electrons. The molecular formula is C11H12N2O2. The second-order valence-corrected chi connectivity index (χ2v) is 3.21. The van der Waals surface area contributed by atoms with Crippen LogP contribution in [0.5, 0.6) is 5.75 Å². The van der Waals surface area contributed by atoms with Crippen molar-refractivity contribution in [3.63, 3.8) is 0 Å². The van der Waals surface area contributed by atoms with Gasteiger partial charge in [0.25, 0.3) is 0 Å². The van der Waals surface area contributed by atoms with Gasteiger partial charge in [-0.15, -0.1) is 0 Å². The minimum Gasteiger partial charge on any atom is -0.496 e. The molecule has 1 heterocycles. The molecule has 0 saturated carbocycles. The molecule has 0 aliphatic carbocycles. The number of anilines is 1. The molecule has 0 amide bonds. The number of methoxy groups -OCH3 is 1. The van der Waals surface area contributed by atoms with E-state index in [0.717, 1.165) is 16.9 Å². The molecule has 0 atom stereocenters. The van der Waals surface area contributed by atoms with Gasteiger partial charge in [-0.3, -0.25) is 0 Å². The van der Waals surface area contributed by atoms with E-state index < -0.39 is 0 Å². The van der Waals surface area contributed by atoms with Crippen LogP contribution >= 0.6 is 0 Å². The van der Waals surface area contributed by atoms with Crippen molar-refractivity contribution in [1.29, 1.82) is 0 Å². The van der Waals surface area contributed by atoms with Crippen LogP contribution in [0, 0.1) is 0 Å². The van der Waals surface area contributed by atoms with Gasteiger partial charge in [-0.05, 0) is 11.6 Å². The number of benzene rings is 1. The zero-order valence-electron chi connectivity index (χ0n) is 8.43. The first-order valence-electron chi connectivity index (χ1n) is 4.62. The Kier molecular flexibility index (Phi) is 2.58. The van der Waals surface area contributed by atoms with E-state index in [2.05, 4.69) is 5.16 Å². The maximum absolute atomic E-state index is 5.63. The lowest BCUT2D eigenvalue weighted by atomic mass is 10.1. The Morgan fingerprint density at radius 1 is 1.33 bits per heavy atom. The van der Waals surface area contributed by atoms with Gasteiger partial charge in [0.05, 0.1) is 7.11 Å². The lowest BCUT2D eigenvalue weighted by molar-refractivity contribution is 0.410. The largest absolute Gasteiger partial charge is 0.496 e. The summed E-state index contributed by atoms with van der Waals surface area (Å²) in [6.07, 6.45) is 2.22. The standard InChI is InChI=1S/C11H12N2O2/c1-14-10-5-3-2-4-8(10)6-9-7-15-13-11(9)12/h2-5,7H,6H2,1H3,(H2,12,13). The van der Waals surface area contributed by atoms with E-state index in [0.29, 0.717) is 12.2 Å². The van der Waals surface area contributed by atoms with E-state index in [-0.39, 0.29) is 0 Å². The van der Waals surface area contributed by atoms with Crippen molar-refractivity contribution < 1.29 is 9.26 Å². The first kappa shape index (κ1) is 9.58. The molecule has 0 fully saturated rings. The second-order valence-electron chi connectivity index (χ2n) is 3.21. The van der Waals surface area contributed by atoms with Gasteiger partial charge in [0.15, 0.2) is 5.82 Å². The molecular weight excluding hydrogens is 192 g/mol. The topological polar surface area (TPSA) is 61.3 Å². The zero-order valence-corrected chi connectivity index (χ0v) is 8.43. The van der Waals surface area contributed by atoms with Crippen LogP contribution in [0.2, 0.25) is 0 Å². The highest BCUT2D eigenvalue weighted by Crippen LogP contribution is 2.22. The average molecular weight is 204 g/mol. The van der Waals surface area contributed by atoms with Crippen molar-refractivity contribution in [3.8, 4) is 5.75 Å². The van der Waals surface area contributed by atoms with Gasteiger partial charge < -0.3 is 15.0 Å². The summed E-state index contributed by atoms with van der Waals surface area (Å²) in [5, 5.41) is 3.63. The van der Waals surface area contributed by atoms with Gasteiger partial charge >= 0.3 is 0 Å². The molecule has 0 unspecified atom stereocenters. The zero-order chi connectivity index (χ0) is 10.7. The Bertz CT molecular complexity index is 451. The van der Waals surface area contributed by atoms with E-state index in [9.17, 15) is 0 Å². The fraction of sp³-hybridized carbons (Fsp3) is 0.182. The second kappa shape index (κ2) is 4.04. The number of aromatic nitrogens is 1. The summed E-state index contributed by atoms with van der Waals surface area (Å²) in [6, 6.07) is 7.80. The minimum atomic E-state index is 0.431. The van der Waals surface area contributed by atoms with Gasteiger partial charge in [0.2, 0.25) is 0 Å². The molecule has 2 rings (SSSR count). The van der Waals surface area contributed by atoms with Crippen molar-refractivity contribution in [2.45, 2.75) is 6.42 Å². The Balaban J connectivity index is 2.28. The average Bonchev–Trinajstić information content (AvgIpc) is 2.65. The first-order chi connectivity index (χ1) is 7.31. The van der Waals surface area contributed by atoms with Gasteiger partial charge in [-0.1, -0.05) is 23.4 Å². The highest BCUT2D eigenvalue weighted by Gasteiger charge is 2.08. The number of rotatable bonds is 3. The number of hydrogen-bond donors (Lipinski definition) is 1. The molecule has 2 N–H and O–H groups in total. The predicted octanol–water partition coefficient (Wildman–Crippen LogP) is 1.86. The van der Waals surface area contributed by atoms with Gasteiger partial charge in [0, 0.05) is 12.0 Å². The molecule has 2 aromatic rings. The summed E-state index contributed by atoms with van der Waals surface area (Å²) in [5.74, 6) is 1.28. The predicted molar refractivity (Wildman–Crippen MR) is 56.7 cm³/mol. The molecule has 0 radical (unpaired) electrons. The fourth-order valence-corrected chi connectivity index (χ4v) is 1.45. The number of ether oxygens (including phenoxy) is 1. The molecule has 4 nitrogen and oxygen atoms in total. The van der Waals surface area contributed by atoms with Gasteiger partial charge in [-0.2, -0.15) is 0 Å². The summed E-state index contributed by atoms with van der Waals surface area (Å²) in [7, 11) is 1.65. The molecule has 1 aromatic heterocycles.